The lowest BCUT2D eigenvalue weighted by Crippen LogP contribution is -2.20. The van der Waals surface area contributed by atoms with Gasteiger partial charge in [0.25, 0.3) is 0 Å². The average molecular weight is 260 g/mol. The Balaban J connectivity index is 2.97. The normalized spacial score (nSPS) is 12.9. The first-order valence-corrected chi connectivity index (χ1v) is 6.22. The molecule has 16 heavy (non-hydrogen) atoms. The zero-order valence-corrected chi connectivity index (χ0v) is 11.6. The molecule has 4 heteroatoms. The zero-order valence-electron chi connectivity index (χ0n) is 9.90. The minimum atomic E-state index is 0.348. The Morgan fingerprint density at radius 1 is 1.44 bits per heavy atom. The molecule has 1 rings (SSSR count). The number of hydrogen-bond donors (Lipinski definition) is 1. The summed E-state index contributed by atoms with van der Waals surface area (Å²) < 4.78 is 5.14. The van der Waals surface area contributed by atoms with Crippen molar-refractivity contribution in [2.75, 3.05) is 27.0 Å². The molecule has 0 aromatic heterocycles. The van der Waals surface area contributed by atoms with Gasteiger partial charge in [-0.2, -0.15) is 12.6 Å². The van der Waals surface area contributed by atoms with Crippen molar-refractivity contribution in [3.63, 3.8) is 0 Å². The SMILES string of the molecule is COc1ccc(C(CCS)N(C)C)cc1Cl. The molecule has 0 fully saturated rings. The van der Waals surface area contributed by atoms with Crippen LogP contribution in [0.15, 0.2) is 18.2 Å². The van der Waals surface area contributed by atoms with E-state index in [0.29, 0.717) is 16.8 Å². The fraction of sp³-hybridized carbons (Fsp3) is 0.500. The van der Waals surface area contributed by atoms with E-state index in [1.807, 2.05) is 12.1 Å². The summed E-state index contributed by atoms with van der Waals surface area (Å²) in [6.07, 6.45) is 0.999. The van der Waals surface area contributed by atoms with Gasteiger partial charge < -0.3 is 9.64 Å². The second-order valence-corrected chi connectivity index (χ2v) is 4.74. The van der Waals surface area contributed by atoms with Crippen LogP contribution in [-0.2, 0) is 0 Å². The first-order chi connectivity index (χ1) is 7.60. The van der Waals surface area contributed by atoms with Crippen molar-refractivity contribution in [1.82, 2.24) is 4.90 Å². The van der Waals surface area contributed by atoms with Gasteiger partial charge in [0.2, 0.25) is 0 Å². The summed E-state index contributed by atoms with van der Waals surface area (Å²) in [4.78, 5) is 2.17. The maximum atomic E-state index is 6.12. The second kappa shape index (κ2) is 6.38. The van der Waals surface area contributed by atoms with E-state index in [2.05, 4.69) is 37.7 Å². The van der Waals surface area contributed by atoms with E-state index in [9.17, 15) is 0 Å². The minimum absolute atomic E-state index is 0.348. The molecule has 0 heterocycles. The molecule has 2 nitrogen and oxygen atoms in total. The highest BCUT2D eigenvalue weighted by Crippen LogP contribution is 2.30. The standard InChI is InChI=1S/C12H18ClNOS/c1-14(2)11(6-7-16)9-4-5-12(15-3)10(13)8-9/h4-5,8,11,16H,6-7H2,1-3H3. The summed E-state index contributed by atoms with van der Waals surface area (Å²) in [5.74, 6) is 1.57. The van der Waals surface area contributed by atoms with Gasteiger partial charge in [0.1, 0.15) is 5.75 Å². The first-order valence-electron chi connectivity index (χ1n) is 5.21. The Morgan fingerprint density at radius 2 is 2.12 bits per heavy atom. The van der Waals surface area contributed by atoms with Crippen molar-refractivity contribution in [2.24, 2.45) is 0 Å². The van der Waals surface area contributed by atoms with Crippen LogP contribution < -0.4 is 4.74 Å². The maximum absolute atomic E-state index is 6.12. The number of rotatable bonds is 5. The molecule has 0 spiro atoms. The highest BCUT2D eigenvalue weighted by atomic mass is 35.5. The molecule has 0 N–H and O–H groups in total. The van der Waals surface area contributed by atoms with E-state index in [0.717, 1.165) is 12.2 Å². The quantitative estimate of drug-likeness (QED) is 0.815. The first kappa shape index (κ1) is 13.7. The van der Waals surface area contributed by atoms with Crippen LogP contribution in [0.3, 0.4) is 0 Å². The van der Waals surface area contributed by atoms with Gasteiger partial charge in [-0.25, -0.2) is 0 Å². The summed E-state index contributed by atoms with van der Waals surface area (Å²) in [5.41, 5.74) is 1.20. The molecule has 0 amide bonds. The zero-order chi connectivity index (χ0) is 12.1. The second-order valence-electron chi connectivity index (χ2n) is 3.89. The van der Waals surface area contributed by atoms with Gasteiger partial charge >= 0.3 is 0 Å². The van der Waals surface area contributed by atoms with Gasteiger partial charge in [-0.1, -0.05) is 17.7 Å². The van der Waals surface area contributed by atoms with E-state index in [1.165, 1.54) is 5.56 Å². The lowest BCUT2D eigenvalue weighted by Gasteiger charge is -2.24. The minimum Gasteiger partial charge on any atom is -0.495 e. The number of benzene rings is 1. The van der Waals surface area contributed by atoms with Crippen LogP contribution in [0.2, 0.25) is 5.02 Å². The summed E-state index contributed by atoms with van der Waals surface area (Å²) in [5, 5.41) is 0.658. The van der Waals surface area contributed by atoms with E-state index in [4.69, 9.17) is 16.3 Å². The molecule has 0 aliphatic rings. The van der Waals surface area contributed by atoms with Gasteiger partial charge in [0, 0.05) is 6.04 Å². The van der Waals surface area contributed by atoms with E-state index in [-0.39, 0.29) is 0 Å². The van der Waals surface area contributed by atoms with Gasteiger partial charge in [-0.05, 0) is 44.0 Å². The largest absolute Gasteiger partial charge is 0.495 e. The highest BCUT2D eigenvalue weighted by Gasteiger charge is 2.14. The Kier molecular flexibility index (Phi) is 5.46. The van der Waals surface area contributed by atoms with Crippen LogP contribution in [0.25, 0.3) is 0 Å². The fourth-order valence-corrected chi connectivity index (χ4v) is 2.25. The smallest absolute Gasteiger partial charge is 0.137 e. The molecule has 0 aliphatic heterocycles. The summed E-state index contributed by atoms with van der Waals surface area (Å²) in [6.45, 7) is 0. The van der Waals surface area contributed by atoms with Crippen LogP contribution in [0.5, 0.6) is 5.75 Å². The molecular weight excluding hydrogens is 242 g/mol. The van der Waals surface area contributed by atoms with Crippen molar-refractivity contribution in [3.8, 4) is 5.75 Å². The lowest BCUT2D eigenvalue weighted by molar-refractivity contribution is 0.293. The third kappa shape index (κ3) is 3.30. The van der Waals surface area contributed by atoms with Crippen LogP contribution in [-0.4, -0.2) is 31.9 Å². The fourth-order valence-electron chi connectivity index (χ4n) is 1.74. The maximum Gasteiger partial charge on any atom is 0.137 e. The summed E-state index contributed by atoms with van der Waals surface area (Å²) in [6, 6.07) is 6.28. The molecule has 0 saturated carbocycles. The Morgan fingerprint density at radius 3 is 2.56 bits per heavy atom. The number of hydrogen-bond acceptors (Lipinski definition) is 3. The monoisotopic (exact) mass is 259 g/mol. The molecule has 0 radical (unpaired) electrons. The average Bonchev–Trinajstić information content (AvgIpc) is 2.25. The molecule has 1 aromatic carbocycles. The van der Waals surface area contributed by atoms with Gasteiger partial charge in [-0.3, -0.25) is 0 Å². The number of nitrogens with zero attached hydrogens (tertiary/aromatic N) is 1. The molecule has 1 aromatic rings. The number of thiol groups is 1. The van der Waals surface area contributed by atoms with Crippen molar-refractivity contribution >= 4 is 24.2 Å². The number of ether oxygens (including phenoxy) is 1. The molecule has 0 saturated heterocycles. The summed E-state index contributed by atoms with van der Waals surface area (Å²) >= 11 is 10.4. The predicted molar refractivity (Wildman–Crippen MR) is 72.9 cm³/mol. The van der Waals surface area contributed by atoms with Crippen LogP contribution >= 0.6 is 24.2 Å². The van der Waals surface area contributed by atoms with E-state index in [1.54, 1.807) is 7.11 Å². The number of halogens is 1. The van der Waals surface area contributed by atoms with Gasteiger partial charge in [0.15, 0.2) is 0 Å². The van der Waals surface area contributed by atoms with E-state index < -0.39 is 0 Å². The topological polar surface area (TPSA) is 12.5 Å². The van der Waals surface area contributed by atoms with Gasteiger partial charge in [-0.15, -0.1) is 0 Å². The molecule has 0 bridgehead atoms. The van der Waals surface area contributed by atoms with Crippen LogP contribution in [0.4, 0.5) is 0 Å². The molecule has 90 valence electrons. The Labute approximate surface area is 108 Å². The van der Waals surface area contributed by atoms with Crippen molar-refractivity contribution in [1.29, 1.82) is 0 Å². The lowest BCUT2D eigenvalue weighted by atomic mass is 10.0. The van der Waals surface area contributed by atoms with Crippen LogP contribution in [0.1, 0.15) is 18.0 Å². The Hall–Kier alpha value is -0.380. The summed E-state index contributed by atoms with van der Waals surface area (Å²) in [7, 11) is 5.75. The predicted octanol–water partition coefficient (Wildman–Crippen LogP) is 3.27. The van der Waals surface area contributed by atoms with Crippen LogP contribution in [0, 0.1) is 0 Å². The Bertz CT molecular complexity index is 344. The molecule has 1 atom stereocenters. The number of methoxy groups -OCH3 is 1. The molecule has 0 aliphatic carbocycles. The molecular formula is C12H18ClNOS. The van der Waals surface area contributed by atoms with Crippen molar-refractivity contribution in [3.05, 3.63) is 28.8 Å². The van der Waals surface area contributed by atoms with E-state index >= 15 is 0 Å². The highest BCUT2D eigenvalue weighted by molar-refractivity contribution is 7.80. The third-order valence-corrected chi connectivity index (χ3v) is 3.14. The van der Waals surface area contributed by atoms with Crippen molar-refractivity contribution in [2.45, 2.75) is 12.5 Å². The van der Waals surface area contributed by atoms with Crippen molar-refractivity contribution < 1.29 is 4.74 Å². The molecule has 1 unspecified atom stereocenters. The third-order valence-electron chi connectivity index (χ3n) is 2.59. The van der Waals surface area contributed by atoms with Gasteiger partial charge in [0.05, 0.1) is 12.1 Å².